The maximum Gasteiger partial charge on any atom is 0.117 e. The molecule has 0 bridgehead atoms. The molecule has 0 aliphatic heterocycles. The van der Waals surface area contributed by atoms with Crippen molar-refractivity contribution in [1.29, 1.82) is 0 Å². The van der Waals surface area contributed by atoms with E-state index in [-0.39, 0.29) is 0 Å². The molecule has 0 saturated carbocycles. The van der Waals surface area contributed by atoms with Crippen molar-refractivity contribution in [2.45, 2.75) is 13.1 Å². The average molecular weight is 280 g/mol. The minimum absolute atomic E-state index is 0.833. The van der Waals surface area contributed by atoms with Crippen molar-refractivity contribution < 1.29 is 4.42 Å². The Morgan fingerprint density at radius 2 is 2.06 bits per heavy atom. The Bertz CT molecular complexity index is 439. The van der Waals surface area contributed by atoms with E-state index in [0.29, 0.717) is 0 Å². The molecule has 0 atom stereocenters. The van der Waals surface area contributed by atoms with E-state index < -0.39 is 0 Å². The summed E-state index contributed by atoms with van der Waals surface area (Å²) in [4.78, 5) is 2.22. The van der Waals surface area contributed by atoms with Crippen LogP contribution in [0.2, 0.25) is 0 Å². The first kappa shape index (κ1) is 11.4. The van der Waals surface area contributed by atoms with Crippen LogP contribution in [0.1, 0.15) is 11.3 Å². The maximum atomic E-state index is 5.31. The highest BCUT2D eigenvalue weighted by Crippen LogP contribution is 2.14. The highest BCUT2D eigenvalue weighted by Gasteiger charge is 2.03. The molecule has 3 heteroatoms. The largest absolute Gasteiger partial charge is 0.468 e. The fourth-order valence-corrected chi connectivity index (χ4v) is 2.12. The molecule has 0 unspecified atom stereocenters. The zero-order chi connectivity index (χ0) is 11.4. The second kappa shape index (κ2) is 5.32. The second-order valence-electron chi connectivity index (χ2n) is 3.88. The molecule has 0 saturated heterocycles. The molecule has 1 aromatic carbocycles. The lowest BCUT2D eigenvalue weighted by Gasteiger charge is -2.15. The van der Waals surface area contributed by atoms with Crippen molar-refractivity contribution in [3.05, 3.63) is 58.5 Å². The molecule has 0 spiro atoms. The number of hydrogen-bond acceptors (Lipinski definition) is 2. The third-order valence-electron chi connectivity index (χ3n) is 2.35. The highest BCUT2D eigenvalue weighted by atomic mass is 79.9. The van der Waals surface area contributed by atoms with Gasteiger partial charge in [-0.1, -0.05) is 28.1 Å². The molecule has 0 radical (unpaired) electrons. The number of rotatable bonds is 4. The monoisotopic (exact) mass is 279 g/mol. The van der Waals surface area contributed by atoms with E-state index in [4.69, 9.17) is 4.42 Å². The van der Waals surface area contributed by atoms with Crippen LogP contribution in [0, 0.1) is 0 Å². The van der Waals surface area contributed by atoms with E-state index in [2.05, 4.69) is 46.1 Å². The van der Waals surface area contributed by atoms with Crippen molar-refractivity contribution in [1.82, 2.24) is 4.90 Å². The lowest BCUT2D eigenvalue weighted by Crippen LogP contribution is -2.16. The summed E-state index contributed by atoms with van der Waals surface area (Å²) in [6.45, 7) is 1.75. The molecule has 2 aromatic rings. The minimum atomic E-state index is 0.833. The predicted molar refractivity (Wildman–Crippen MR) is 68.0 cm³/mol. The summed E-state index contributed by atoms with van der Waals surface area (Å²) in [5.74, 6) is 0.998. The van der Waals surface area contributed by atoms with Crippen molar-refractivity contribution >= 4 is 15.9 Å². The maximum absolute atomic E-state index is 5.31. The Kier molecular flexibility index (Phi) is 3.80. The van der Waals surface area contributed by atoms with Crippen molar-refractivity contribution in [3.63, 3.8) is 0 Å². The Hall–Kier alpha value is -1.06. The molecule has 2 rings (SSSR count). The Balaban J connectivity index is 1.94. The van der Waals surface area contributed by atoms with Crippen LogP contribution in [-0.2, 0) is 13.1 Å². The minimum Gasteiger partial charge on any atom is -0.468 e. The first-order chi connectivity index (χ1) is 7.74. The third-order valence-corrected chi connectivity index (χ3v) is 2.84. The molecule has 1 aromatic heterocycles. The van der Waals surface area contributed by atoms with Gasteiger partial charge in [0, 0.05) is 11.0 Å². The molecular weight excluding hydrogens is 266 g/mol. The molecule has 0 fully saturated rings. The smallest absolute Gasteiger partial charge is 0.117 e. The molecular formula is C13H14BrNO. The van der Waals surface area contributed by atoms with Crippen LogP contribution >= 0.6 is 15.9 Å². The zero-order valence-electron chi connectivity index (χ0n) is 9.19. The van der Waals surface area contributed by atoms with Gasteiger partial charge >= 0.3 is 0 Å². The van der Waals surface area contributed by atoms with Crippen LogP contribution < -0.4 is 0 Å². The topological polar surface area (TPSA) is 16.4 Å². The number of hydrogen-bond donors (Lipinski definition) is 0. The summed E-state index contributed by atoms with van der Waals surface area (Å²) in [5, 5.41) is 0. The second-order valence-corrected chi connectivity index (χ2v) is 4.80. The van der Waals surface area contributed by atoms with Gasteiger partial charge in [-0.05, 0) is 36.9 Å². The summed E-state index contributed by atoms with van der Waals surface area (Å²) in [6.07, 6.45) is 1.71. The van der Waals surface area contributed by atoms with Gasteiger partial charge in [0.25, 0.3) is 0 Å². The van der Waals surface area contributed by atoms with Crippen LogP contribution in [0.4, 0.5) is 0 Å². The van der Waals surface area contributed by atoms with Crippen LogP contribution in [0.3, 0.4) is 0 Å². The van der Waals surface area contributed by atoms with Gasteiger partial charge in [0.1, 0.15) is 5.76 Å². The molecule has 84 valence electrons. The van der Waals surface area contributed by atoms with Crippen LogP contribution in [0.25, 0.3) is 0 Å². The SMILES string of the molecule is CN(Cc1cccc(Br)c1)Cc1ccco1. The van der Waals surface area contributed by atoms with E-state index >= 15 is 0 Å². The molecule has 16 heavy (non-hydrogen) atoms. The number of furan rings is 1. The van der Waals surface area contributed by atoms with Gasteiger partial charge < -0.3 is 4.42 Å². The zero-order valence-corrected chi connectivity index (χ0v) is 10.8. The van der Waals surface area contributed by atoms with Crippen molar-refractivity contribution in [3.8, 4) is 0 Å². The van der Waals surface area contributed by atoms with Gasteiger partial charge in [-0.25, -0.2) is 0 Å². The normalized spacial score (nSPS) is 10.9. The molecule has 0 amide bonds. The summed E-state index contributed by atoms with van der Waals surface area (Å²) >= 11 is 3.48. The van der Waals surface area contributed by atoms with Gasteiger partial charge in [0.05, 0.1) is 12.8 Å². The first-order valence-corrected chi connectivity index (χ1v) is 5.99. The number of halogens is 1. The van der Waals surface area contributed by atoms with Gasteiger partial charge in [-0.15, -0.1) is 0 Å². The van der Waals surface area contributed by atoms with E-state index in [1.54, 1.807) is 6.26 Å². The molecule has 2 nitrogen and oxygen atoms in total. The van der Waals surface area contributed by atoms with Crippen LogP contribution in [0.5, 0.6) is 0 Å². The van der Waals surface area contributed by atoms with E-state index in [1.165, 1.54) is 5.56 Å². The third kappa shape index (κ3) is 3.22. The van der Waals surface area contributed by atoms with E-state index in [0.717, 1.165) is 23.3 Å². The number of benzene rings is 1. The number of nitrogens with zero attached hydrogens (tertiary/aromatic N) is 1. The predicted octanol–water partition coefficient (Wildman–Crippen LogP) is 3.67. The van der Waals surface area contributed by atoms with E-state index in [9.17, 15) is 0 Å². The van der Waals surface area contributed by atoms with Crippen molar-refractivity contribution in [2.75, 3.05) is 7.05 Å². The Morgan fingerprint density at radius 1 is 1.19 bits per heavy atom. The van der Waals surface area contributed by atoms with Gasteiger partial charge in [0.15, 0.2) is 0 Å². The Labute approximate surface area is 104 Å². The lowest BCUT2D eigenvalue weighted by molar-refractivity contribution is 0.288. The standard InChI is InChI=1S/C13H14BrNO/c1-15(10-13-6-3-7-16-13)9-11-4-2-5-12(14)8-11/h2-8H,9-10H2,1H3. The molecule has 0 N–H and O–H groups in total. The van der Waals surface area contributed by atoms with Gasteiger partial charge in [0.2, 0.25) is 0 Å². The van der Waals surface area contributed by atoms with E-state index in [1.807, 2.05) is 18.2 Å². The quantitative estimate of drug-likeness (QED) is 0.849. The Morgan fingerprint density at radius 3 is 2.75 bits per heavy atom. The summed E-state index contributed by atoms with van der Waals surface area (Å²) in [7, 11) is 2.09. The van der Waals surface area contributed by atoms with Crippen molar-refractivity contribution in [2.24, 2.45) is 0 Å². The van der Waals surface area contributed by atoms with Gasteiger partial charge in [-0.3, -0.25) is 4.90 Å². The average Bonchev–Trinajstić information content (AvgIpc) is 2.70. The first-order valence-electron chi connectivity index (χ1n) is 5.19. The van der Waals surface area contributed by atoms with Crippen LogP contribution in [0.15, 0.2) is 51.6 Å². The fourth-order valence-electron chi connectivity index (χ4n) is 1.67. The molecule has 0 aliphatic rings. The fraction of sp³-hybridized carbons (Fsp3) is 0.231. The summed E-state index contributed by atoms with van der Waals surface area (Å²) < 4.78 is 6.44. The van der Waals surface area contributed by atoms with Gasteiger partial charge in [-0.2, -0.15) is 0 Å². The highest BCUT2D eigenvalue weighted by molar-refractivity contribution is 9.10. The molecule has 0 aliphatic carbocycles. The molecule has 1 heterocycles. The summed E-state index contributed by atoms with van der Waals surface area (Å²) in [6, 6.07) is 12.3. The lowest BCUT2D eigenvalue weighted by atomic mass is 10.2. The van der Waals surface area contributed by atoms with Crippen LogP contribution in [-0.4, -0.2) is 11.9 Å². The summed E-state index contributed by atoms with van der Waals surface area (Å²) in [5.41, 5.74) is 1.29.